The normalized spacial score (nSPS) is 23.6. The van der Waals surface area contributed by atoms with Crippen molar-refractivity contribution >= 4 is 11.6 Å². The Labute approximate surface area is 139 Å². The van der Waals surface area contributed by atoms with Crippen LogP contribution in [0.2, 0.25) is 0 Å². The first kappa shape index (κ1) is 16.3. The monoisotopic (exact) mass is 316 g/mol. The molecule has 3 rings (SSSR count). The zero-order valence-electron chi connectivity index (χ0n) is 14.1. The van der Waals surface area contributed by atoms with Crippen molar-refractivity contribution in [2.75, 3.05) is 31.2 Å². The lowest BCUT2D eigenvalue weighted by molar-refractivity contribution is -0.120. The average molecular weight is 316 g/mol. The van der Waals surface area contributed by atoms with Gasteiger partial charge in [-0.15, -0.1) is 0 Å². The fourth-order valence-corrected chi connectivity index (χ4v) is 3.74. The summed E-state index contributed by atoms with van der Waals surface area (Å²) in [4.78, 5) is 14.8. The third kappa shape index (κ3) is 4.05. The van der Waals surface area contributed by atoms with Gasteiger partial charge in [0.05, 0.1) is 13.2 Å². The second-order valence-electron chi connectivity index (χ2n) is 6.77. The number of para-hydroxylation sites is 1. The number of nitrogens with one attached hydrogen (secondary N) is 1. The van der Waals surface area contributed by atoms with Crippen LogP contribution in [0.15, 0.2) is 24.3 Å². The molecule has 1 amide bonds. The van der Waals surface area contributed by atoms with Gasteiger partial charge in [-0.1, -0.05) is 31.5 Å². The van der Waals surface area contributed by atoms with Crippen molar-refractivity contribution in [2.45, 2.75) is 45.1 Å². The first-order valence-corrected chi connectivity index (χ1v) is 8.97. The number of hydrogen-bond acceptors (Lipinski definition) is 3. The molecule has 0 aromatic heterocycles. The van der Waals surface area contributed by atoms with Crippen molar-refractivity contribution in [1.82, 2.24) is 5.32 Å². The zero-order valence-corrected chi connectivity index (χ0v) is 14.1. The van der Waals surface area contributed by atoms with Crippen molar-refractivity contribution in [3.8, 4) is 0 Å². The van der Waals surface area contributed by atoms with Crippen LogP contribution in [-0.2, 0) is 16.0 Å². The van der Waals surface area contributed by atoms with Crippen LogP contribution in [0.5, 0.6) is 0 Å². The summed E-state index contributed by atoms with van der Waals surface area (Å²) in [6.45, 7) is 5.05. The number of nitrogens with zero attached hydrogens (tertiary/aromatic N) is 1. The average Bonchev–Trinajstić information content (AvgIpc) is 3.09. The Bertz CT molecular complexity index is 526. The Morgan fingerprint density at radius 2 is 2.22 bits per heavy atom. The summed E-state index contributed by atoms with van der Waals surface area (Å²) in [6, 6.07) is 9.01. The molecular weight excluding hydrogens is 288 g/mol. The van der Waals surface area contributed by atoms with Crippen LogP contribution in [0.3, 0.4) is 0 Å². The Morgan fingerprint density at radius 1 is 1.35 bits per heavy atom. The minimum Gasteiger partial charge on any atom is -0.381 e. The molecule has 23 heavy (non-hydrogen) atoms. The Balaban J connectivity index is 1.63. The first-order valence-electron chi connectivity index (χ1n) is 8.97. The quantitative estimate of drug-likeness (QED) is 0.877. The van der Waals surface area contributed by atoms with E-state index in [4.69, 9.17) is 4.74 Å². The Hall–Kier alpha value is -1.55. The van der Waals surface area contributed by atoms with Gasteiger partial charge < -0.3 is 15.0 Å². The van der Waals surface area contributed by atoms with E-state index in [0.717, 1.165) is 51.9 Å². The van der Waals surface area contributed by atoms with E-state index in [1.165, 1.54) is 11.3 Å². The summed E-state index contributed by atoms with van der Waals surface area (Å²) in [5.41, 5.74) is 2.62. The smallest absolute Gasteiger partial charge is 0.239 e. The molecule has 1 fully saturated rings. The number of carbonyl (C=O) groups is 1. The van der Waals surface area contributed by atoms with Crippen LogP contribution in [0.1, 0.15) is 38.2 Å². The lowest BCUT2D eigenvalue weighted by Crippen LogP contribution is -2.46. The largest absolute Gasteiger partial charge is 0.381 e. The Kier molecular flexibility index (Phi) is 5.55. The molecular formula is C19H28N2O2. The summed E-state index contributed by atoms with van der Waals surface area (Å²) < 4.78 is 5.37. The number of hydrogen-bond donors (Lipinski definition) is 1. The number of benzene rings is 1. The first-order chi connectivity index (χ1) is 11.3. The molecule has 0 aliphatic carbocycles. The highest BCUT2D eigenvalue weighted by Crippen LogP contribution is 2.32. The Morgan fingerprint density at radius 3 is 3.00 bits per heavy atom. The van der Waals surface area contributed by atoms with Crippen molar-refractivity contribution in [3.05, 3.63) is 29.8 Å². The SMILES string of the molecule is CCC[C@@H]1CCc2ccccc2N1CC(=O)NC[C@@H]1CCOC1. The van der Waals surface area contributed by atoms with Crippen molar-refractivity contribution < 1.29 is 9.53 Å². The van der Waals surface area contributed by atoms with E-state index >= 15 is 0 Å². The molecule has 2 aliphatic heterocycles. The number of fused-ring (bicyclic) bond motifs is 1. The lowest BCUT2D eigenvalue weighted by Gasteiger charge is -2.38. The van der Waals surface area contributed by atoms with Crippen molar-refractivity contribution in [3.63, 3.8) is 0 Å². The maximum Gasteiger partial charge on any atom is 0.239 e. The van der Waals surface area contributed by atoms with Crippen LogP contribution in [0, 0.1) is 5.92 Å². The van der Waals surface area contributed by atoms with Gasteiger partial charge in [-0.05, 0) is 37.3 Å². The molecule has 126 valence electrons. The van der Waals surface area contributed by atoms with Gasteiger partial charge in [0.1, 0.15) is 0 Å². The molecule has 2 atom stereocenters. The van der Waals surface area contributed by atoms with Gasteiger partial charge in [0.2, 0.25) is 5.91 Å². The van der Waals surface area contributed by atoms with Gasteiger partial charge in [-0.2, -0.15) is 0 Å². The summed E-state index contributed by atoms with van der Waals surface area (Å²) >= 11 is 0. The number of carbonyl (C=O) groups excluding carboxylic acids is 1. The van der Waals surface area contributed by atoms with Gasteiger partial charge in [0.25, 0.3) is 0 Å². The molecule has 0 radical (unpaired) electrons. The topological polar surface area (TPSA) is 41.6 Å². The molecule has 0 saturated carbocycles. The van der Waals surface area contributed by atoms with Gasteiger partial charge in [0.15, 0.2) is 0 Å². The standard InChI is InChI=1S/C19H28N2O2/c1-2-5-17-9-8-16-6-3-4-7-18(16)21(17)13-19(22)20-12-15-10-11-23-14-15/h3-4,6-7,15,17H,2,5,8-14H2,1H3,(H,20,22)/t15-,17+/m0/s1. The third-order valence-electron chi connectivity index (χ3n) is 5.04. The molecule has 0 unspecified atom stereocenters. The van der Waals surface area contributed by atoms with Crippen LogP contribution in [-0.4, -0.2) is 38.3 Å². The maximum absolute atomic E-state index is 12.4. The number of ether oxygens (including phenoxy) is 1. The minimum absolute atomic E-state index is 0.134. The van der Waals surface area contributed by atoms with Gasteiger partial charge >= 0.3 is 0 Å². The highest BCUT2D eigenvalue weighted by molar-refractivity contribution is 5.82. The molecule has 1 aromatic rings. The van der Waals surface area contributed by atoms with E-state index in [2.05, 4.69) is 41.4 Å². The number of rotatable bonds is 6. The van der Waals surface area contributed by atoms with Crippen LogP contribution < -0.4 is 10.2 Å². The predicted octanol–water partition coefficient (Wildman–Crippen LogP) is 2.76. The molecule has 1 N–H and O–H groups in total. The summed E-state index contributed by atoms with van der Waals surface area (Å²) in [5, 5.41) is 3.10. The summed E-state index contributed by atoms with van der Waals surface area (Å²) in [6.07, 6.45) is 5.64. The fraction of sp³-hybridized carbons (Fsp3) is 0.632. The second kappa shape index (κ2) is 7.82. The summed E-state index contributed by atoms with van der Waals surface area (Å²) in [5.74, 6) is 0.619. The molecule has 1 aromatic carbocycles. The van der Waals surface area contributed by atoms with E-state index in [-0.39, 0.29) is 5.91 Å². The molecule has 4 nitrogen and oxygen atoms in total. The van der Waals surface area contributed by atoms with E-state index < -0.39 is 0 Å². The second-order valence-corrected chi connectivity index (χ2v) is 6.77. The number of aryl methyl sites for hydroxylation is 1. The van der Waals surface area contributed by atoms with Crippen LogP contribution in [0.25, 0.3) is 0 Å². The predicted molar refractivity (Wildman–Crippen MR) is 92.7 cm³/mol. The summed E-state index contributed by atoms with van der Waals surface area (Å²) in [7, 11) is 0. The van der Waals surface area contributed by atoms with E-state index in [0.29, 0.717) is 18.5 Å². The van der Waals surface area contributed by atoms with Crippen LogP contribution in [0.4, 0.5) is 5.69 Å². The van der Waals surface area contributed by atoms with E-state index in [9.17, 15) is 4.79 Å². The number of amides is 1. The molecule has 2 heterocycles. The van der Waals surface area contributed by atoms with Crippen molar-refractivity contribution in [1.29, 1.82) is 0 Å². The van der Waals surface area contributed by atoms with Crippen LogP contribution >= 0.6 is 0 Å². The highest BCUT2D eigenvalue weighted by Gasteiger charge is 2.27. The maximum atomic E-state index is 12.4. The molecule has 0 spiro atoms. The zero-order chi connectivity index (χ0) is 16.1. The fourth-order valence-electron chi connectivity index (χ4n) is 3.74. The lowest BCUT2D eigenvalue weighted by atomic mass is 9.93. The highest BCUT2D eigenvalue weighted by atomic mass is 16.5. The minimum atomic E-state index is 0.134. The van der Waals surface area contributed by atoms with E-state index in [1.54, 1.807) is 0 Å². The molecule has 0 bridgehead atoms. The van der Waals surface area contributed by atoms with Crippen molar-refractivity contribution in [2.24, 2.45) is 5.92 Å². The number of anilines is 1. The third-order valence-corrected chi connectivity index (χ3v) is 5.04. The molecule has 4 heteroatoms. The van der Waals surface area contributed by atoms with Gasteiger partial charge in [0, 0.05) is 30.8 Å². The molecule has 2 aliphatic rings. The van der Waals surface area contributed by atoms with E-state index in [1.807, 2.05) is 0 Å². The molecule has 1 saturated heterocycles. The van der Waals surface area contributed by atoms with Gasteiger partial charge in [-0.25, -0.2) is 0 Å². The van der Waals surface area contributed by atoms with Gasteiger partial charge in [-0.3, -0.25) is 4.79 Å².